The zero-order valence-electron chi connectivity index (χ0n) is 20.3. The molecule has 2 heterocycles. The summed E-state index contributed by atoms with van der Waals surface area (Å²) >= 11 is 1.55. The van der Waals surface area contributed by atoms with E-state index in [1.807, 2.05) is 29.0 Å². The van der Waals surface area contributed by atoms with Crippen molar-refractivity contribution in [2.75, 3.05) is 19.1 Å². The first-order chi connectivity index (χ1) is 18.3. The molecule has 0 saturated heterocycles. The van der Waals surface area contributed by atoms with E-state index < -0.39 is 23.2 Å². The van der Waals surface area contributed by atoms with Crippen LogP contribution in [0.5, 0.6) is 11.5 Å². The minimum Gasteiger partial charge on any atom is -0.497 e. The fourth-order valence-corrected chi connectivity index (χ4v) is 4.75. The van der Waals surface area contributed by atoms with Gasteiger partial charge in [0.25, 0.3) is 5.91 Å². The maximum atomic E-state index is 13.8. The zero-order valence-corrected chi connectivity index (χ0v) is 21.1. The highest BCUT2D eigenvalue weighted by atomic mass is 32.1. The lowest BCUT2D eigenvalue weighted by molar-refractivity contribution is -0.137. The topological polar surface area (TPSA) is 64.8 Å². The summed E-state index contributed by atoms with van der Waals surface area (Å²) in [4.78, 5) is 19.3. The molecule has 0 aliphatic rings. The van der Waals surface area contributed by atoms with Gasteiger partial charge in [-0.05, 0) is 64.4 Å². The smallest absolute Gasteiger partial charge is 0.417 e. The highest BCUT2D eigenvalue weighted by Gasteiger charge is 2.37. The summed E-state index contributed by atoms with van der Waals surface area (Å²) in [5.74, 6) is -0.00348. The number of ether oxygens (including phenoxy) is 2. The number of oxazole rings is 1. The number of benzene rings is 3. The SMILES string of the molecule is COc1ccc(CN(C(=O)c2ccccc2C(F)(F)F)c2nc3cc(-c4ccsc4)ccc3o2)c(OC)c1. The second-order valence-corrected chi connectivity index (χ2v) is 9.08. The Balaban J connectivity index is 1.62. The van der Waals surface area contributed by atoms with Crippen molar-refractivity contribution in [2.24, 2.45) is 0 Å². The van der Waals surface area contributed by atoms with E-state index in [0.29, 0.717) is 28.2 Å². The molecule has 0 aliphatic heterocycles. The molecular formula is C28H21F3N2O4S. The van der Waals surface area contributed by atoms with Gasteiger partial charge >= 0.3 is 12.2 Å². The molecule has 3 aromatic carbocycles. The normalized spacial score (nSPS) is 11.5. The van der Waals surface area contributed by atoms with Crippen LogP contribution in [0.1, 0.15) is 21.5 Å². The molecule has 194 valence electrons. The van der Waals surface area contributed by atoms with Crippen LogP contribution in [0.3, 0.4) is 0 Å². The van der Waals surface area contributed by atoms with Gasteiger partial charge in [0.15, 0.2) is 5.58 Å². The van der Waals surface area contributed by atoms with Gasteiger partial charge in [-0.3, -0.25) is 9.69 Å². The summed E-state index contributed by atoms with van der Waals surface area (Å²) < 4.78 is 58.0. The lowest BCUT2D eigenvalue weighted by atomic mass is 10.1. The van der Waals surface area contributed by atoms with Crippen molar-refractivity contribution in [3.05, 3.63) is 94.2 Å². The fraction of sp³-hybridized carbons (Fsp3) is 0.143. The van der Waals surface area contributed by atoms with Crippen LogP contribution in [0.4, 0.5) is 19.2 Å². The number of carbonyl (C=O) groups excluding carboxylic acids is 1. The van der Waals surface area contributed by atoms with Crippen molar-refractivity contribution >= 4 is 34.4 Å². The number of rotatable bonds is 7. The number of anilines is 1. The standard InChI is InChI=1S/C28H21F3N2O4S/c1-35-20-9-7-18(25(14-20)36-2)15-33(26(34)21-5-3-4-6-22(21)28(29,30)31)27-32-23-13-17(8-10-24(23)37-27)19-11-12-38-16-19/h3-14,16H,15H2,1-2H3. The van der Waals surface area contributed by atoms with E-state index in [1.54, 1.807) is 35.6 Å². The van der Waals surface area contributed by atoms with Crippen molar-refractivity contribution < 1.29 is 31.9 Å². The van der Waals surface area contributed by atoms with Crippen LogP contribution in [0.2, 0.25) is 0 Å². The van der Waals surface area contributed by atoms with Gasteiger partial charge in [-0.25, -0.2) is 0 Å². The molecule has 6 nitrogen and oxygen atoms in total. The highest BCUT2D eigenvalue weighted by Crippen LogP contribution is 2.35. The molecule has 0 bridgehead atoms. The number of hydrogen-bond donors (Lipinski definition) is 0. The van der Waals surface area contributed by atoms with Crippen LogP contribution in [-0.2, 0) is 12.7 Å². The van der Waals surface area contributed by atoms with E-state index in [0.717, 1.165) is 28.2 Å². The second kappa shape index (κ2) is 10.2. The lowest BCUT2D eigenvalue weighted by Crippen LogP contribution is -2.32. The van der Waals surface area contributed by atoms with E-state index in [1.165, 1.54) is 26.4 Å². The van der Waals surface area contributed by atoms with Crippen molar-refractivity contribution in [3.63, 3.8) is 0 Å². The lowest BCUT2D eigenvalue weighted by Gasteiger charge is -2.22. The summed E-state index contributed by atoms with van der Waals surface area (Å²) in [5.41, 5.74) is 1.70. The Morgan fingerprint density at radius 3 is 2.53 bits per heavy atom. The molecule has 1 amide bonds. The average molecular weight is 539 g/mol. The van der Waals surface area contributed by atoms with Gasteiger partial charge in [0.05, 0.1) is 31.9 Å². The number of carbonyl (C=O) groups is 1. The number of thiophene rings is 1. The third-order valence-corrected chi connectivity index (χ3v) is 6.68. The number of amides is 1. The van der Waals surface area contributed by atoms with Gasteiger partial charge < -0.3 is 13.9 Å². The van der Waals surface area contributed by atoms with Gasteiger partial charge in [-0.15, -0.1) is 0 Å². The molecular weight excluding hydrogens is 517 g/mol. The van der Waals surface area contributed by atoms with Gasteiger partial charge in [0.2, 0.25) is 0 Å². The number of methoxy groups -OCH3 is 2. The Hall–Kier alpha value is -4.31. The number of nitrogens with zero attached hydrogens (tertiary/aromatic N) is 2. The highest BCUT2D eigenvalue weighted by molar-refractivity contribution is 7.08. The molecule has 38 heavy (non-hydrogen) atoms. The van der Waals surface area contributed by atoms with Gasteiger partial charge in [-0.2, -0.15) is 29.5 Å². The van der Waals surface area contributed by atoms with E-state index >= 15 is 0 Å². The average Bonchev–Trinajstić information content (AvgIpc) is 3.61. The first-order valence-corrected chi connectivity index (χ1v) is 12.3. The molecule has 0 N–H and O–H groups in total. The molecule has 0 atom stereocenters. The minimum absolute atomic E-state index is 0.137. The zero-order chi connectivity index (χ0) is 26.9. The van der Waals surface area contributed by atoms with Gasteiger partial charge in [-0.1, -0.05) is 18.2 Å². The first kappa shape index (κ1) is 25.3. The number of alkyl halides is 3. The molecule has 0 aliphatic carbocycles. The molecule has 0 radical (unpaired) electrons. The summed E-state index contributed by atoms with van der Waals surface area (Å²) in [6, 6.07) is 16.8. The Bertz CT molecular complexity index is 1600. The van der Waals surface area contributed by atoms with Crippen LogP contribution >= 0.6 is 11.3 Å². The summed E-state index contributed by atoms with van der Waals surface area (Å²) in [7, 11) is 2.95. The Morgan fingerprint density at radius 1 is 1.00 bits per heavy atom. The number of hydrogen-bond acceptors (Lipinski definition) is 6. The molecule has 0 spiro atoms. The Labute approximate surface area is 219 Å². The van der Waals surface area contributed by atoms with E-state index in [9.17, 15) is 18.0 Å². The van der Waals surface area contributed by atoms with Crippen molar-refractivity contribution in [2.45, 2.75) is 12.7 Å². The predicted molar refractivity (Wildman–Crippen MR) is 139 cm³/mol. The third kappa shape index (κ3) is 4.95. The minimum atomic E-state index is -4.73. The van der Waals surface area contributed by atoms with E-state index in [2.05, 4.69) is 4.98 Å². The maximum absolute atomic E-state index is 13.8. The van der Waals surface area contributed by atoms with E-state index in [4.69, 9.17) is 13.9 Å². The molecule has 0 unspecified atom stereocenters. The van der Waals surface area contributed by atoms with Crippen molar-refractivity contribution in [1.82, 2.24) is 4.98 Å². The first-order valence-electron chi connectivity index (χ1n) is 11.4. The monoisotopic (exact) mass is 538 g/mol. The van der Waals surface area contributed by atoms with Crippen molar-refractivity contribution in [3.8, 4) is 22.6 Å². The molecule has 10 heteroatoms. The summed E-state index contributed by atoms with van der Waals surface area (Å²) in [6.45, 7) is -0.164. The summed E-state index contributed by atoms with van der Waals surface area (Å²) in [6.07, 6.45) is -4.73. The number of fused-ring (bicyclic) bond motifs is 1. The maximum Gasteiger partial charge on any atom is 0.417 e. The molecule has 0 saturated carbocycles. The Morgan fingerprint density at radius 2 is 1.82 bits per heavy atom. The van der Waals surface area contributed by atoms with Crippen molar-refractivity contribution in [1.29, 1.82) is 0 Å². The predicted octanol–water partition coefficient (Wildman–Crippen LogP) is 7.44. The molecule has 2 aromatic heterocycles. The fourth-order valence-electron chi connectivity index (χ4n) is 4.08. The van der Waals surface area contributed by atoms with Gasteiger partial charge in [0.1, 0.15) is 17.0 Å². The molecule has 5 rings (SSSR count). The van der Waals surface area contributed by atoms with Crippen LogP contribution in [0, 0.1) is 0 Å². The van der Waals surface area contributed by atoms with Crippen LogP contribution in [0.25, 0.3) is 22.2 Å². The van der Waals surface area contributed by atoms with Crippen LogP contribution < -0.4 is 14.4 Å². The van der Waals surface area contributed by atoms with Crippen LogP contribution in [0.15, 0.2) is 81.9 Å². The van der Waals surface area contributed by atoms with Crippen LogP contribution in [-0.4, -0.2) is 25.1 Å². The molecule has 5 aromatic rings. The largest absolute Gasteiger partial charge is 0.497 e. The van der Waals surface area contributed by atoms with Gasteiger partial charge in [0, 0.05) is 11.6 Å². The quantitative estimate of drug-likeness (QED) is 0.216. The number of aromatic nitrogens is 1. The summed E-state index contributed by atoms with van der Waals surface area (Å²) in [5, 5.41) is 3.94. The third-order valence-electron chi connectivity index (χ3n) is 5.99. The number of halogens is 3. The second-order valence-electron chi connectivity index (χ2n) is 8.30. The van der Waals surface area contributed by atoms with E-state index in [-0.39, 0.29) is 12.6 Å². The molecule has 0 fully saturated rings. The Kier molecular flexibility index (Phi) is 6.81.